The maximum atomic E-state index is 13.3. The van der Waals surface area contributed by atoms with Gasteiger partial charge in [0.25, 0.3) is 0 Å². The number of hydrogen-bond donors (Lipinski definition) is 1. The summed E-state index contributed by atoms with van der Waals surface area (Å²) >= 11 is 0. The number of halogens is 1. The van der Waals surface area contributed by atoms with Gasteiger partial charge < -0.3 is 15.2 Å². The molecule has 0 saturated heterocycles. The van der Waals surface area contributed by atoms with Crippen LogP contribution < -0.4 is 10.5 Å². The Bertz CT molecular complexity index is 423. The summed E-state index contributed by atoms with van der Waals surface area (Å²) in [6, 6.07) is 4.21. The number of esters is 1. The van der Waals surface area contributed by atoms with Crippen LogP contribution in [0.2, 0.25) is 0 Å². The Balaban J connectivity index is 2.83. The Kier molecular flexibility index (Phi) is 6.29. The first kappa shape index (κ1) is 15.4. The van der Waals surface area contributed by atoms with Gasteiger partial charge >= 0.3 is 5.97 Å². The molecule has 0 aliphatic rings. The van der Waals surface area contributed by atoms with Crippen molar-refractivity contribution >= 4 is 5.97 Å². The highest BCUT2D eigenvalue weighted by Gasteiger charge is 2.21. The van der Waals surface area contributed by atoms with Gasteiger partial charge in [-0.15, -0.1) is 0 Å². The lowest BCUT2D eigenvalue weighted by atomic mass is 10.2. The fourth-order valence-corrected chi connectivity index (χ4v) is 1.69. The Morgan fingerprint density at radius 2 is 2.11 bits per heavy atom. The third-order valence-electron chi connectivity index (χ3n) is 2.55. The van der Waals surface area contributed by atoms with E-state index in [1.165, 1.54) is 12.1 Å². The molecule has 0 bridgehead atoms. The van der Waals surface area contributed by atoms with Crippen molar-refractivity contribution in [3.05, 3.63) is 29.6 Å². The zero-order valence-electron chi connectivity index (χ0n) is 11.3. The maximum Gasteiger partial charge on any atom is 0.347 e. The summed E-state index contributed by atoms with van der Waals surface area (Å²) in [5, 5.41) is 0. The molecule has 5 heteroatoms. The monoisotopic (exact) mass is 269 g/mol. The molecular weight excluding hydrogens is 249 g/mol. The van der Waals surface area contributed by atoms with E-state index in [-0.39, 0.29) is 6.54 Å². The summed E-state index contributed by atoms with van der Waals surface area (Å²) in [6.07, 6.45) is 0.577. The average molecular weight is 269 g/mol. The average Bonchev–Trinajstić information content (AvgIpc) is 2.37. The molecule has 19 heavy (non-hydrogen) atoms. The summed E-state index contributed by atoms with van der Waals surface area (Å²) in [4.78, 5) is 11.7. The first-order chi connectivity index (χ1) is 9.10. The van der Waals surface area contributed by atoms with E-state index < -0.39 is 17.9 Å². The first-order valence-electron chi connectivity index (χ1n) is 6.43. The van der Waals surface area contributed by atoms with Crippen LogP contribution in [0.25, 0.3) is 0 Å². The zero-order valence-corrected chi connectivity index (χ0v) is 11.3. The molecule has 1 rings (SSSR count). The molecule has 0 spiro atoms. The molecule has 0 aliphatic carbocycles. The van der Waals surface area contributed by atoms with Gasteiger partial charge in [-0.1, -0.05) is 13.3 Å². The van der Waals surface area contributed by atoms with Crippen molar-refractivity contribution in [2.75, 3.05) is 6.61 Å². The van der Waals surface area contributed by atoms with Crippen molar-refractivity contribution in [3.8, 4) is 5.75 Å². The van der Waals surface area contributed by atoms with Crippen LogP contribution >= 0.6 is 0 Å². The van der Waals surface area contributed by atoms with Crippen molar-refractivity contribution in [3.63, 3.8) is 0 Å². The fourth-order valence-electron chi connectivity index (χ4n) is 1.69. The van der Waals surface area contributed by atoms with Crippen molar-refractivity contribution < 1.29 is 18.7 Å². The highest BCUT2D eigenvalue weighted by molar-refractivity contribution is 5.75. The second kappa shape index (κ2) is 7.74. The smallest absolute Gasteiger partial charge is 0.347 e. The van der Waals surface area contributed by atoms with E-state index in [2.05, 4.69) is 0 Å². The minimum atomic E-state index is -0.711. The molecule has 0 aliphatic heterocycles. The lowest BCUT2D eigenvalue weighted by molar-refractivity contribution is -0.151. The fraction of sp³-hybridized carbons (Fsp3) is 0.500. The minimum Gasteiger partial charge on any atom is -0.479 e. The van der Waals surface area contributed by atoms with E-state index >= 15 is 0 Å². The topological polar surface area (TPSA) is 61.5 Å². The van der Waals surface area contributed by atoms with Crippen LogP contribution in [-0.2, 0) is 16.1 Å². The zero-order chi connectivity index (χ0) is 14.3. The van der Waals surface area contributed by atoms with E-state index in [1.807, 2.05) is 6.92 Å². The molecule has 0 saturated carbocycles. The van der Waals surface area contributed by atoms with Crippen molar-refractivity contribution in [1.82, 2.24) is 0 Å². The number of carbonyl (C=O) groups is 1. The van der Waals surface area contributed by atoms with Crippen molar-refractivity contribution in [2.45, 2.75) is 39.3 Å². The molecule has 0 radical (unpaired) electrons. The predicted octanol–water partition coefficient (Wildman–Crippen LogP) is 2.40. The van der Waals surface area contributed by atoms with Crippen LogP contribution in [0.1, 0.15) is 32.3 Å². The predicted molar refractivity (Wildman–Crippen MR) is 70.2 cm³/mol. The van der Waals surface area contributed by atoms with Gasteiger partial charge in [0, 0.05) is 12.6 Å². The summed E-state index contributed by atoms with van der Waals surface area (Å²) in [5.41, 5.74) is 6.09. The molecule has 1 atom stereocenters. The minimum absolute atomic E-state index is 0.214. The second-order valence-corrected chi connectivity index (χ2v) is 4.15. The number of hydrogen-bond acceptors (Lipinski definition) is 4. The molecule has 106 valence electrons. The van der Waals surface area contributed by atoms with Gasteiger partial charge in [0.05, 0.1) is 6.61 Å². The molecule has 0 amide bonds. The van der Waals surface area contributed by atoms with Crippen molar-refractivity contribution in [1.29, 1.82) is 0 Å². The van der Waals surface area contributed by atoms with Gasteiger partial charge in [0.1, 0.15) is 11.6 Å². The van der Waals surface area contributed by atoms with E-state index in [0.29, 0.717) is 24.3 Å². The third kappa shape index (κ3) is 4.87. The highest BCUT2D eigenvalue weighted by Crippen LogP contribution is 2.19. The summed E-state index contributed by atoms with van der Waals surface area (Å²) < 4.78 is 23.8. The van der Waals surface area contributed by atoms with Gasteiger partial charge in [-0.25, -0.2) is 9.18 Å². The van der Waals surface area contributed by atoms with E-state index in [9.17, 15) is 9.18 Å². The third-order valence-corrected chi connectivity index (χ3v) is 2.55. The molecule has 2 N–H and O–H groups in total. The standard InChI is InChI=1S/C14H20FNO3/c1-3-5-13(14(17)18-4-2)19-12-7-10(9-16)6-11(15)8-12/h6-8,13H,3-5,9,16H2,1-2H3. The van der Waals surface area contributed by atoms with E-state index in [1.54, 1.807) is 13.0 Å². The second-order valence-electron chi connectivity index (χ2n) is 4.15. The molecule has 1 aromatic rings. The van der Waals surface area contributed by atoms with Gasteiger partial charge in [-0.2, -0.15) is 0 Å². The molecular formula is C14H20FNO3. The molecule has 0 heterocycles. The lowest BCUT2D eigenvalue weighted by Gasteiger charge is -2.17. The van der Waals surface area contributed by atoms with Gasteiger partial charge in [0.2, 0.25) is 0 Å². The Morgan fingerprint density at radius 3 is 2.68 bits per heavy atom. The summed E-state index contributed by atoms with van der Waals surface area (Å²) in [5.74, 6) is -0.563. The van der Waals surface area contributed by atoms with E-state index in [4.69, 9.17) is 15.2 Å². The van der Waals surface area contributed by atoms with Crippen LogP contribution in [-0.4, -0.2) is 18.7 Å². The molecule has 0 aromatic heterocycles. The Morgan fingerprint density at radius 1 is 1.37 bits per heavy atom. The molecule has 0 fully saturated rings. The number of benzene rings is 1. The number of ether oxygens (including phenoxy) is 2. The maximum absolute atomic E-state index is 13.3. The largest absolute Gasteiger partial charge is 0.479 e. The normalized spacial score (nSPS) is 12.0. The van der Waals surface area contributed by atoms with E-state index in [0.717, 1.165) is 6.42 Å². The number of rotatable bonds is 7. The molecule has 1 aromatic carbocycles. The number of carbonyl (C=O) groups excluding carboxylic acids is 1. The van der Waals surface area contributed by atoms with Crippen molar-refractivity contribution in [2.24, 2.45) is 5.73 Å². The van der Waals surface area contributed by atoms with Crippen LogP contribution in [0.4, 0.5) is 4.39 Å². The Labute approximate surface area is 112 Å². The summed E-state index contributed by atoms with van der Waals surface area (Å²) in [6.45, 7) is 4.17. The van der Waals surface area contributed by atoms with Gasteiger partial charge in [-0.05, 0) is 31.0 Å². The van der Waals surface area contributed by atoms with Crippen LogP contribution in [0.3, 0.4) is 0 Å². The summed E-state index contributed by atoms with van der Waals surface area (Å²) in [7, 11) is 0. The van der Waals surface area contributed by atoms with Crippen LogP contribution in [0, 0.1) is 5.82 Å². The van der Waals surface area contributed by atoms with Gasteiger partial charge in [-0.3, -0.25) is 0 Å². The Hall–Kier alpha value is -1.62. The molecule has 1 unspecified atom stereocenters. The number of nitrogens with two attached hydrogens (primary N) is 1. The van der Waals surface area contributed by atoms with Gasteiger partial charge in [0.15, 0.2) is 6.10 Å². The van der Waals surface area contributed by atoms with Crippen LogP contribution in [0.15, 0.2) is 18.2 Å². The SMILES string of the molecule is CCCC(Oc1cc(F)cc(CN)c1)C(=O)OCC. The highest BCUT2D eigenvalue weighted by atomic mass is 19.1. The molecule has 4 nitrogen and oxygen atoms in total. The van der Waals surface area contributed by atoms with Crippen LogP contribution in [0.5, 0.6) is 5.75 Å². The quantitative estimate of drug-likeness (QED) is 0.772. The first-order valence-corrected chi connectivity index (χ1v) is 6.43. The lowest BCUT2D eigenvalue weighted by Crippen LogP contribution is -2.29.